The van der Waals surface area contributed by atoms with Crippen molar-refractivity contribution in [3.63, 3.8) is 0 Å². The molecule has 2 rings (SSSR count). The quantitative estimate of drug-likeness (QED) is 0.828. The van der Waals surface area contributed by atoms with Gasteiger partial charge in [0.2, 0.25) is 0 Å². The summed E-state index contributed by atoms with van der Waals surface area (Å²) in [7, 11) is 1.63. The Kier molecular flexibility index (Phi) is 5.41. The number of rotatable bonds is 5. The summed E-state index contributed by atoms with van der Waals surface area (Å²) in [4.78, 5) is 0. The number of aromatic nitrogens is 2. The van der Waals surface area contributed by atoms with Gasteiger partial charge in [-0.1, -0.05) is 17.7 Å². The number of halogens is 1. The molecule has 2 aromatic rings. The number of benzene rings is 1. The Morgan fingerprint density at radius 3 is 3.00 bits per heavy atom. The molecule has 21 heavy (non-hydrogen) atoms. The van der Waals surface area contributed by atoms with Crippen LogP contribution in [-0.4, -0.2) is 22.0 Å². The lowest BCUT2D eigenvalue weighted by Gasteiger charge is -2.12. The number of nitrogens with zero attached hydrogens (tertiary/aromatic N) is 2. The van der Waals surface area contributed by atoms with Gasteiger partial charge in [0.1, 0.15) is 5.75 Å². The van der Waals surface area contributed by atoms with Gasteiger partial charge in [0.15, 0.2) is 5.11 Å². The number of aryl methyl sites for hydroxylation is 1. The zero-order chi connectivity index (χ0) is 15.2. The lowest BCUT2D eigenvalue weighted by molar-refractivity contribution is 0.415. The molecule has 0 amide bonds. The van der Waals surface area contributed by atoms with Gasteiger partial charge in [-0.15, -0.1) is 0 Å². The molecule has 0 unspecified atom stereocenters. The zero-order valence-electron chi connectivity index (χ0n) is 11.9. The van der Waals surface area contributed by atoms with E-state index in [-0.39, 0.29) is 0 Å². The topological polar surface area (TPSA) is 51.1 Å². The highest BCUT2D eigenvalue weighted by molar-refractivity contribution is 7.80. The highest BCUT2D eigenvalue weighted by Gasteiger charge is 2.08. The molecule has 0 saturated heterocycles. The maximum absolute atomic E-state index is 6.10. The van der Waals surface area contributed by atoms with Crippen LogP contribution in [0.5, 0.6) is 5.75 Å². The second kappa shape index (κ2) is 7.28. The fourth-order valence-corrected chi connectivity index (χ4v) is 2.27. The Bertz CT molecular complexity index is 629. The average molecular weight is 325 g/mol. The van der Waals surface area contributed by atoms with Crippen LogP contribution in [0.1, 0.15) is 12.6 Å². The first kappa shape index (κ1) is 15.6. The maximum Gasteiger partial charge on any atom is 0.171 e. The van der Waals surface area contributed by atoms with E-state index in [4.69, 9.17) is 28.6 Å². The summed E-state index contributed by atoms with van der Waals surface area (Å²) in [5, 5.41) is 11.6. The highest BCUT2D eigenvalue weighted by Crippen LogP contribution is 2.17. The van der Waals surface area contributed by atoms with E-state index in [2.05, 4.69) is 15.7 Å². The number of anilines is 1. The first-order chi connectivity index (χ1) is 10.1. The third-order valence-electron chi connectivity index (χ3n) is 2.94. The van der Waals surface area contributed by atoms with Crippen LogP contribution in [0.15, 0.2) is 30.5 Å². The molecule has 0 aliphatic carbocycles. The minimum Gasteiger partial charge on any atom is -0.497 e. The minimum atomic E-state index is 0.516. The van der Waals surface area contributed by atoms with Gasteiger partial charge < -0.3 is 15.4 Å². The van der Waals surface area contributed by atoms with E-state index in [1.54, 1.807) is 13.3 Å². The third kappa shape index (κ3) is 4.09. The van der Waals surface area contributed by atoms with Crippen molar-refractivity contribution in [2.45, 2.75) is 20.0 Å². The number of ether oxygens (including phenoxy) is 1. The summed E-state index contributed by atoms with van der Waals surface area (Å²) >= 11 is 11.4. The smallest absolute Gasteiger partial charge is 0.171 e. The number of hydrogen-bond donors (Lipinski definition) is 2. The Balaban J connectivity index is 1.94. The van der Waals surface area contributed by atoms with Crippen LogP contribution in [0.4, 0.5) is 5.69 Å². The van der Waals surface area contributed by atoms with Crippen LogP contribution in [0.2, 0.25) is 5.02 Å². The molecule has 0 fully saturated rings. The van der Waals surface area contributed by atoms with Crippen molar-refractivity contribution in [2.24, 2.45) is 0 Å². The molecule has 1 heterocycles. The summed E-state index contributed by atoms with van der Waals surface area (Å²) in [5.41, 5.74) is 1.77. The molecule has 0 bridgehead atoms. The molecule has 0 aliphatic rings. The van der Waals surface area contributed by atoms with Crippen molar-refractivity contribution in [1.82, 2.24) is 15.1 Å². The predicted octanol–water partition coefficient (Wildman–Crippen LogP) is 3.05. The predicted molar refractivity (Wildman–Crippen MR) is 89.0 cm³/mol. The van der Waals surface area contributed by atoms with Crippen LogP contribution < -0.4 is 15.4 Å². The molecule has 0 atom stereocenters. The Morgan fingerprint density at radius 2 is 2.29 bits per heavy atom. The fraction of sp³-hybridized carbons (Fsp3) is 0.286. The van der Waals surface area contributed by atoms with Crippen molar-refractivity contribution < 1.29 is 4.74 Å². The number of methoxy groups -OCH3 is 1. The average Bonchev–Trinajstić information content (AvgIpc) is 2.85. The van der Waals surface area contributed by atoms with E-state index in [0.717, 1.165) is 23.7 Å². The zero-order valence-corrected chi connectivity index (χ0v) is 13.5. The maximum atomic E-state index is 6.10. The Hall–Kier alpha value is -1.79. The normalized spacial score (nSPS) is 10.2. The van der Waals surface area contributed by atoms with E-state index < -0.39 is 0 Å². The summed E-state index contributed by atoms with van der Waals surface area (Å²) in [6.45, 7) is 3.29. The highest BCUT2D eigenvalue weighted by atomic mass is 35.5. The SMILES string of the molecule is CCn1ncc(Cl)c1CNC(=S)Nc1cccc(OC)c1. The van der Waals surface area contributed by atoms with Crippen molar-refractivity contribution in [3.05, 3.63) is 41.2 Å². The lowest BCUT2D eigenvalue weighted by atomic mass is 10.3. The van der Waals surface area contributed by atoms with Crippen molar-refractivity contribution in [1.29, 1.82) is 0 Å². The molecule has 0 radical (unpaired) electrons. The van der Waals surface area contributed by atoms with Gasteiger partial charge in [-0.2, -0.15) is 5.10 Å². The molecule has 1 aromatic carbocycles. The molecular formula is C14H17ClN4OS. The monoisotopic (exact) mass is 324 g/mol. The first-order valence-electron chi connectivity index (χ1n) is 6.53. The van der Waals surface area contributed by atoms with Gasteiger partial charge in [-0.25, -0.2) is 0 Å². The van der Waals surface area contributed by atoms with E-state index >= 15 is 0 Å². The Morgan fingerprint density at radius 1 is 1.48 bits per heavy atom. The molecule has 112 valence electrons. The van der Waals surface area contributed by atoms with Crippen LogP contribution in [0.3, 0.4) is 0 Å². The van der Waals surface area contributed by atoms with Crippen LogP contribution in [-0.2, 0) is 13.1 Å². The number of nitrogens with one attached hydrogen (secondary N) is 2. The Labute approximate surface area is 134 Å². The standard InChI is InChI=1S/C14H17ClN4OS/c1-3-19-13(12(15)8-17-19)9-16-14(21)18-10-5-4-6-11(7-10)20-2/h4-8H,3,9H2,1-2H3,(H2,16,18,21). The van der Waals surface area contributed by atoms with Crippen LogP contribution in [0.25, 0.3) is 0 Å². The number of hydrogen-bond acceptors (Lipinski definition) is 3. The van der Waals surface area contributed by atoms with E-state index in [1.807, 2.05) is 35.9 Å². The minimum absolute atomic E-state index is 0.516. The van der Waals surface area contributed by atoms with Gasteiger partial charge in [0.05, 0.1) is 30.6 Å². The van der Waals surface area contributed by atoms with Crippen LogP contribution >= 0.6 is 23.8 Å². The second-order valence-corrected chi connectivity index (χ2v) is 5.11. The second-order valence-electron chi connectivity index (χ2n) is 4.29. The summed E-state index contributed by atoms with van der Waals surface area (Å²) in [5.74, 6) is 0.773. The van der Waals surface area contributed by atoms with Gasteiger partial charge in [0, 0.05) is 18.3 Å². The third-order valence-corrected chi connectivity index (χ3v) is 3.50. The summed E-state index contributed by atoms with van der Waals surface area (Å²) in [6.07, 6.45) is 1.64. The van der Waals surface area contributed by atoms with Gasteiger partial charge in [-0.3, -0.25) is 4.68 Å². The van der Waals surface area contributed by atoms with Gasteiger partial charge >= 0.3 is 0 Å². The molecule has 7 heteroatoms. The summed E-state index contributed by atoms with van der Waals surface area (Å²) < 4.78 is 7.01. The van der Waals surface area contributed by atoms with Crippen molar-refractivity contribution in [3.8, 4) is 5.75 Å². The largest absolute Gasteiger partial charge is 0.497 e. The van der Waals surface area contributed by atoms with Crippen LogP contribution in [0, 0.1) is 0 Å². The van der Waals surface area contributed by atoms with Crippen molar-refractivity contribution in [2.75, 3.05) is 12.4 Å². The van der Waals surface area contributed by atoms with Gasteiger partial charge in [0.25, 0.3) is 0 Å². The molecule has 5 nitrogen and oxygen atoms in total. The number of thiocarbonyl (C=S) groups is 1. The lowest BCUT2D eigenvalue weighted by Crippen LogP contribution is -2.29. The molecule has 1 aromatic heterocycles. The van der Waals surface area contributed by atoms with E-state index in [9.17, 15) is 0 Å². The summed E-state index contributed by atoms with van der Waals surface area (Å²) in [6, 6.07) is 7.56. The van der Waals surface area contributed by atoms with E-state index in [1.165, 1.54) is 0 Å². The molecule has 2 N–H and O–H groups in total. The molecular weight excluding hydrogens is 308 g/mol. The first-order valence-corrected chi connectivity index (χ1v) is 7.31. The molecule has 0 spiro atoms. The van der Waals surface area contributed by atoms with Crippen molar-refractivity contribution >= 4 is 34.6 Å². The van der Waals surface area contributed by atoms with Gasteiger partial charge in [-0.05, 0) is 31.3 Å². The molecule has 0 saturated carbocycles. The fourth-order valence-electron chi connectivity index (χ4n) is 1.88. The van der Waals surface area contributed by atoms with E-state index in [0.29, 0.717) is 16.7 Å². The molecule has 0 aliphatic heterocycles.